The minimum atomic E-state index is -4.67. The molecule has 0 saturated heterocycles. The molecule has 0 heterocycles. The standard InChI is InChI=1S/C10H16.H2O4S/c1-6-7(2)9(4)10(5)8(6)3;1-5(2,3)4/h6H,1-5H3;(H2,1,2,3,4). The highest BCUT2D eigenvalue weighted by molar-refractivity contribution is 7.79. The number of hydrogen-bond acceptors (Lipinski definition) is 2. The van der Waals surface area contributed by atoms with E-state index in [-0.39, 0.29) is 0 Å². The lowest BCUT2D eigenvalue weighted by Gasteiger charge is -2.05. The molecule has 4 nitrogen and oxygen atoms in total. The molecule has 0 aliphatic heterocycles. The molecule has 88 valence electrons. The molecule has 1 aliphatic rings. The van der Waals surface area contributed by atoms with Crippen LogP contribution in [0.15, 0.2) is 22.3 Å². The molecule has 2 N–H and O–H groups in total. The van der Waals surface area contributed by atoms with Gasteiger partial charge in [0.2, 0.25) is 0 Å². The maximum absolute atomic E-state index is 8.74. The minimum Gasteiger partial charge on any atom is -0.264 e. The highest BCUT2D eigenvalue weighted by Crippen LogP contribution is 2.35. The molecule has 0 spiro atoms. The summed E-state index contributed by atoms with van der Waals surface area (Å²) >= 11 is 0. The van der Waals surface area contributed by atoms with Gasteiger partial charge in [0.15, 0.2) is 0 Å². The fraction of sp³-hybridized carbons (Fsp3) is 0.600. The van der Waals surface area contributed by atoms with E-state index >= 15 is 0 Å². The van der Waals surface area contributed by atoms with E-state index < -0.39 is 10.4 Å². The number of rotatable bonds is 0. The first kappa shape index (κ1) is 14.3. The van der Waals surface area contributed by atoms with Crippen LogP contribution in [-0.4, -0.2) is 17.5 Å². The van der Waals surface area contributed by atoms with Crippen molar-refractivity contribution in [2.45, 2.75) is 34.6 Å². The summed E-state index contributed by atoms with van der Waals surface area (Å²) in [5, 5.41) is 0. The van der Waals surface area contributed by atoms with Crippen LogP contribution in [-0.2, 0) is 10.4 Å². The van der Waals surface area contributed by atoms with Crippen LogP contribution in [0.3, 0.4) is 0 Å². The highest BCUT2D eigenvalue weighted by Gasteiger charge is 2.19. The van der Waals surface area contributed by atoms with Gasteiger partial charge in [0.25, 0.3) is 0 Å². The zero-order valence-electron chi connectivity index (χ0n) is 9.70. The summed E-state index contributed by atoms with van der Waals surface area (Å²) in [5.74, 6) is 0.694. The highest BCUT2D eigenvalue weighted by atomic mass is 32.3. The summed E-state index contributed by atoms with van der Waals surface area (Å²) in [6.45, 7) is 11.2. The quantitative estimate of drug-likeness (QED) is 0.632. The summed E-state index contributed by atoms with van der Waals surface area (Å²) in [4.78, 5) is 0. The van der Waals surface area contributed by atoms with Crippen molar-refractivity contribution in [2.24, 2.45) is 5.92 Å². The fourth-order valence-corrected chi connectivity index (χ4v) is 1.57. The third kappa shape index (κ3) is 4.59. The van der Waals surface area contributed by atoms with E-state index in [2.05, 4.69) is 34.6 Å². The van der Waals surface area contributed by atoms with E-state index in [1.54, 1.807) is 11.1 Å². The molecule has 0 amide bonds. The molecule has 0 radical (unpaired) electrons. The first-order valence-corrected chi connectivity index (χ1v) is 6.00. The largest absolute Gasteiger partial charge is 0.394 e. The molecule has 0 aromatic heterocycles. The van der Waals surface area contributed by atoms with Crippen molar-refractivity contribution in [1.82, 2.24) is 0 Å². The van der Waals surface area contributed by atoms with Crippen molar-refractivity contribution in [3.05, 3.63) is 22.3 Å². The van der Waals surface area contributed by atoms with E-state index in [1.165, 1.54) is 11.1 Å². The van der Waals surface area contributed by atoms with Crippen LogP contribution in [0.4, 0.5) is 0 Å². The molecule has 0 fully saturated rings. The first-order valence-electron chi connectivity index (χ1n) is 4.60. The lowest BCUT2D eigenvalue weighted by atomic mass is 10.00. The molecule has 0 unspecified atom stereocenters. The topological polar surface area (TPSA) is 74.6 Å². The van der Waals surface area contributed by atoms with Crippen molar-refractivity contribution in [3.63, 3.8) is 0 Å². The second kappa shape index (κ2) is 4.92. The monoisotopic (exact) mass is 234 g/mol. The molecule has 0 saturated carbocycles. The van der Waals surface area contributed by atoms with Gasteiger partial charge in [-0.25, -0.2) is 0 Å². The van der Waals surface area contributed by atoms with Crippen LogP contribution in [0.25, 0.3) is 0 Å². The maximum Gasteiger partial charge on any atom is 0.394 e. The molecule has 0 bridgehead atoms. The van der Waals surface area contributed by atoms with E-state index in [0.717, 1.165) is 0 Å². The van der Waals surface area contributed by atoms with E-state index in [4.69, 9.17) is 17.5 Å². The average Bonchev–Trinajstić information content (AvgIpc) is 2.21. The van der Waals surface area contributed by atoms with Crippen molar-refractivity contribution in [3.8, 4) is 0 Å². The van der Waals surface area contributed by atoms with Crippen LogP contribution < -0.4 is 0 Å². The van der Waals surface area contributed by atoms with Gasteiger partial charge in [-0.2, -0.15) is 8.42 Å². The Bertz CT molecular complexity index is 369. The van der Waals surface area contributed by atoms with Gasteiger partial charge in [0.05, 0.1) is 0 Å². The van der Waals surface area contributed by atoms with Crippen LogP contribution in [0.5, 0.6) is 0 Å². The van der Waals surface area contributed by atoms with Crippen molar-refractivity contribution >= 4 is 10.4 Å². The Kier molecular flexibility index (Phi) is 4.70. The van der Waals surface area contributed by atoms with Gasteiger partial charge in [-0.3, -0.25) is 9.11 Å². The third-order valence-corrected chi connectivity index (χ3v) is 3.04. The van der Waals surface area contributed by atoms with Gasteiger partial charge >= 0.3 is 10.4 Å². The van der Waals surface area contributed by atoms with Gasteiger partial charge < -0.3 is 0 Å². The summed E-state index contributed by atoms with van der Waals surface area (Å²) in [6.07, 6.45) is 0. The second-order valence-corrected chi connectivity index (χ2v) is 4.68. The summed E-state index contributed by atoms with van der Waals surface area (Å²) in [7, 11) is -4.67. The van der Waals surface area contributed by atoms with Gasteiger partial charge in [0.1, 0.15) is 0 Å². The average molecular weight is 234 g/mol. The molecule has 0 atom stereocenters. The van der Waals surface area contributed by atoms with Gasteiger partial charge in [-0.05, 0) is 44.8 Å². The Morgan fingerprint density at radius 1 is 0.933 bits per heavy atom. The van der Waals surface area contributed by atoms with Crippen molar-refractivity contribution < 1.29 is 17.5 Å². The molecule has 5 heteroatoms. The zero-order valence-corrected chi connectivity index (χ0v) is 10.5. The molecule has 1 aliphatic carbocycles. The lowest BCUT2D eigenvalue weighted by Crippen LogP contribution is -1.92. The molecular weight excluding hydrogens is 216 g/mol. The van der Waals surface area contributed by atoms with E-state index in [0.29, 0.717) is 5.92 Å². The fourth-order valence-electron chi connectivity index (χ4n) is 1.57. The second-order valence-electron chi connectivity index (χ2n) is 3.79. The minimum absolute atomic E-state index is 0.694. The van der Waals surface area contributed by atoms with Crippen molar-refractivity contribution in [1.29, 1.82) is 0 Å². The first-order chi connectivity index (χ1) is 6.55. The van der Waals surface area contributed by atoms with Crippen molar-refractivity contribution in [2.75, 3.05) is 0 Å². The normalized spacial score (nSPS) is 18.1. The lowest BCUT2D eigenvalue weighted by molar-refractivity contribution is 0.381. The van der Waals surface area contributed by atoms with Crippen LogP contribution in [0, 0.1) is 5.92 Å². The molecule has 0 aromatic carbocycles. The van der Waals surface area contributed by atoms with Gasteiger partial charge in [-0.1, -0.05) is 18.1 Å². The zero-order chi connectivity index (χ0) is 12.4. The Morgan fingerprint density at radius 3 is 1.20 bits per heavy atom. The van der Waals surface area contributed by atoms with Gasteiger partial charge in [0, 0.05) is 0 Å². The predicted molar refractivity (Wildman–Crippen MR) is 60.1 cm³/mol. The van der Waals surface area contributed by atoms with Crippen LogP contribution in [0.1, 0.15) is 34.6 Å². The van der Waals surface area contributed by atoms with E-state index in [9.17, 15) is 0 Å². The summed E-state index contributed by atoms with van der Waals surface area (Å²) in [5.41, 5.74) is 6.11. The summed E-state index contributed by atoms with van der Waals surface area (Å²) < 4.78 is 31.6. The SMILES string of the molecule is CC1=C(C)C(C)C(C)=C1C.O=S(=O)(O)O. The van der Waals surface area contributed by atoms with Gasteiger partial charge in [-0.15, -0.1) is 0 Å². The Hall–Kier alpha value is -0.650. The predicted octanol–water partition coefficient (Wildman–Crippen LogP) is 2.66. The molecule has 1 rings (SSSR count). The van der Waals surface area contributed by atoms with Crippen LogP contribution >= 0.6 is 0 Å². The Morgan fingerprint density at radius 2 is 1.13 bits per heavy atom. The Balaban J connectivity index is 0.000000336. The molecule has 15 heavy (non-hydrogen) atoms. The van der Waals surface area contributed by atoms with Crippen LogP contribution in [0.2, 0.25) is 0 Å². The molecule has 0 aromatic rings. The third-order valence-electron chi connectivity index (χ3n) is 3.04. The maximum atomic E-state index is 8.74. The molecular formula is C10H18O4S. The smallest absolute Gasteiger partial charge is 0.264 e. The summed E-state index contributed by atoms with van der Waals surface area (Å²) in [6, 6.07) is 0. The van der Waals surface area contributed by atoms with E-state index in [1.807, 2.05) is 0 Å². The Labute approximate surface area is 91.3 Å². The number of allylic oxidation sites excluding steroid dienone is 4. The number of hydrogen-bond donors (Lipinski definition) is 2.